The van der Waals surface area contributed by atoms with Crippen molar-refractivity contribution in [2.75, 3.05) is 18.4 Å². The maximum Gasteiger partial charge on any atom is 0.317 e. The minimum Gasteiger partial charge on any atom is -0.382 e. The number of anilines is 1. The SMILES string of the molecule is O=C(NCc1ccc(F)cc1)N1CCC(Nc2ccnc3[nH]c(=O)c4ccccc4c23)CC1. The van der Waals surface area contributed by atoms with Gasteiger partial charge in [-0.15, -0.1) is 0 Å². The first kappa shape index (κ1) is 20.9. The van der Waals surface area contributed by atoms with Crippen molar-refractivity contribution >= 4 is 33.5 Å². The summed E-state index contributed by atoms with van der Waals surface area (Å²) in [6.45, 7) is 1.63. The molecule has 0 unspecified atom stereocenters. The zero-order valence-corrected chi connectivity index (χ0v) is 18.0. The molecular formula is C25H24FN5O2. The van der Waals surface area contributed by atoms with Crippen LogP contribution in [0.1, 0.15) is 18.4 Å². The molecule has 1 aliphatic heterocycles. The highest BCUT2D eigenvalue weighted by atomic mass is 19.1. The molecule has 1 aliphatic rings. The number of pyridine rings is 2. The fourth-order valence-electron chi connectivity index (χ4n) is 4.36. The minimum absolute atomic E-state index is 0.115. The van der Waals surface area contributed by atoms with Gasteiger partial charge in [-0.1, -0.05) is 30.3 Å². The zero-order chi connectivity index (χ0) is 22.8. The quantitative estimate of drug-likeness (QED) is 0.414. The Morgan fingerprint density at radius 3 is 2.55 bits per heavy atom. The second-order valence-electron chi connectivity index (χ2n) is 8.27. The lowest BCUT2D eigenvalue weighted by Crippen LogP contribution is -2.46. The first-order chi connectivity index (χ1) is 16.1. The number of fused-ring (bicyclic) bond motifs is 3. The van der Waals surface area contributed by atoms with Crippen molar-refractivity contribution in [1.29, 1.82) is 0 Å². The summed E-state index contributed by atoms with van der Waals surface area (Å²) in [6, 6.07) is 15.6. The number of urea groups is 1. The van der Waals surface area contributed by atoms with Crippen molar-refractivity contribution in [3.05, 3.63) is 82.5 Å². The van der Waals surface area contributed by atoms with Gasteiger partial charge in [0.25, 0.3) is 5.56 Å². The highest BCUT2D eigenvalue weighted by Gasteiger charge is 2.23. The van der Waals surface area contributed by atoms with Gasteiger partial charge in [-0.2, -0.15) is 0 Å². The highest BCUT2D eigenvalue weighted by Crippen LogP contribution is 2.28. The van der Waals surface area contributed by atoms with Gasteiger partial charge in [-0.05, 0) is 42.7 Å². The van der Waals surface area contributed by atoms with E-state index in [0.29, 0.717) is 30.7 Å². The molecule has 4 aromatic rings. The lowest BCUT2D eigenvalue weighted by molar-refractivity contribution is 0.183. The molecule has 0 radical (unpaired) electrons. The molecule has 33 heavy (non-hydrogen) atoms. The van der Waals surface area contributed by atoms with E-state index < -0.39 is 0 Å². The van der Waals surface area contributed by atoms with Gasteiger partial charge in [0.15, 0.2) is 0 Å². The Bertz CT molecular complexity index is 1360. The molecule has 1 saturated heterocycles. The van der Waals surface area contributed by atoms with Crippen LogP contribution in [0, 0.1) is 5.82 Å². The number of carbonyl (C=O) groups excluding carboxylic acids is 1. The molecule has 5 rings (SSSR count). The van der Waals surface area contributed by atoms with E-state index in [1.165, 1.54) is 12.1 Å². The lowest BCUT2D eigenvalue weighted by Gasteiger charge is -2.33. The van der Waals surface area contributed by atoms with Crippen LogP contribution in [-0.2, 0) is 6.54 Å². The lowest BCUT2D eigenvalue weighted by atomic mass is 10.0. The van der Waals surface area contributed by atoms with Crippen LogP contribution in [0.15, 0.2) is 65.6 Å². The smallest absolute Gasteiger partial charge is 0.317 e. The summed E-state index contributed by atoms with van der Waals surface area (Å²) in [7, 11) is 0. The average molecular weight is 445 g/mol. The molecular weight excluding hydrogens is 421 g/mol. The molecule has 2 aromatic heterocycles. The van der Waals surface area contributed by atoms with Crippen LogP contribution >= 0.6 is 0 Å². The summed E-state index contributed by atoms with van der Waals surface area (Å²) in [6.07, 6.45) is 3.29. The van der Waals surface area contributed by atoms with E-state index in [4.69, 9.17) is 0 Å². The fourth-order valence-corrected chi connectivity index (χ4v) is 4.36. The van der Waals surface area contributed by atoms with Gasteiger partial charge in [-0.3, -0.25) is 4.79 Å². The van der Waals surface area contributed by atoms with E-state index >= 15 is 0 Å². The fraction of sp³-hybridized carbons (Fsp3) is 0.240. The van der Waals surface area contributed by atoms with Crippen LogP contribution in [0.25, 0.3) is 21.8 Å². The van der Waals surface area contributed by atoms with Crippen LogP contribution in [0.4, 0.5) is 14.9 Å². The van der Waals surface area contributed by atoms with E-state index in [1.807, 2.05) is 30.3 Å². The number of halogens is 1. The van der Waals surface area contributed by atoms with Crippen molar-refractivity contribution in [1.82, 2.24) is 20.2 Å². The molecule has 0 bridgehead atoms. The van der Waals surface area contributed by atoms with Crippen LogP contribution < -0.4 is 16.2 Å². The number of aromatic nitrogens is 2. The summed E-state index contributed by atoms with van der Waals surface area (Å²) in [5.41, 5.74) is 2.19. The molecule has 0 atom stereocenters. The topological polar surface area (TPSA) is 90.1 Å². The third kappa shape index (κ3) is 4.37. The standard InChI is InChI=1S/C25H24FN5O2/c26-17-7-5-16(6-8-17)15-28-25(33)31-13-10-18(11-14-31)29-21-9-12-27-23-22(21)19-3-1-2-4-20(19)24(32)30-23/h1-9,12,18H,10-11,13-15H2,(H,28,33)(H2,27,29,30,32). The third-order valence-corrected chi connectivity index (χ3v) is 6.12. The normalized spacial score (nSPS) is 14.5. The number of benzene rings is 2. The van der Waals surface area contributed by atoms with E-state index in [9.17, 15) is 14.0 Å². The van der Waals surface area contributed by atoms with Crippen molar-refractivity contribution in [3.63, 3.8) is 0 Å². The maximum absolute atomic E-state index is 13.0. The van der Waals surface area contributed by atoms with Crippen molar-refractivity contribution in [3.8, 4) is 0 Å². The molecule has 8 heteroatoms. The molecule has 168 valence electrons. The van der Waals surface area contributed by atoms with Gasteiger partial charge in [0.05, 0.1) is 0 Å². The van der Waals surface area contributed by atoms with E-state index in [0.717, 1.165) is 34.9 Å². The first-order valence-electron chi connectivity index (χ1n) is 11.0. The Balaban J connectivity index is 1.25. The average Bonchev–Trinajstić information content (AvgIpc) is 2.84. The Morgan fingerprint density at radius 2 is 1.79 bits per heavy atom. The molecule has 0 spiro atoms. The number of aromatic amines is 1. The number of likely N-dealkylation sites (tertiary alicyclic amines) is 1. The summed E-state index contributed by atoms with van der Waals surface area (Å²) >= 11 is 0. The largest absolute Gasteiger partial charge is 0.382 e. The molecule has 2 amide bonds. The summed E-state index contributed by atoms with van der Waals surface area (Å²) in [5, 5.41) is 8.90. The molecule has 3 N–H and O–H groups in total. The number of nitrogens with one attached hydrogen (secondary N) is 3. The Morgan fingerprint density at radius 1 is 1.06 bits per heavy atom. The van der Waals surface area contributed by atoms with Gasteiger partial charge in [0.2, 0.25) is 0 Å². The molecule has 0 saturated carbocycles. The Labute approximate surface area is 189 Å². The molecule has 7 nitrogen and oxygen atoms in total. The van der Waals surface area contributed by atoms with Crippen LogP contribution in [0.2, 0.25) is 0 Å². The summed E-state index contributed by atoms with van der Waals surface area (Å²) < 4.78 is 13.0. The van der Waals surface area contributed by atoms with Gasteiger partial charge >= 0.3 is 6.03 Å². The number of amides is 2. The van der Waals surface area contributed by atoms with Crippen LogP contribution in [-0.4, -0.2) is 40.0 Å². The number of rotatable bonds is 4. The maximum atomic E-state index is 13.0. The predicted octanol–water partition coefficient (Wildman–Crippen LogP) is 4.00. The van der Waals surface area contributed by atoms with E-state index in [1.54, 1.807) is 23.2 Å². The number of nitrogens with zero attached hydrogens (tertiary/aromatic N) is 2. The Kier molecular flexibility index (Phi) is 5.64. The summed E-state index contributed by atoms with van der Waals surface area (Å²) in [5.74, 6) is -0.291. The predicted molar refractivity (Wildman–Crippen MR) is 127 cm³/mol. The minimum atomic E-state index is -0.291. The van der Waals surface area contributed by atoms with Crippen molar-refractivity contribution < 1.29 is 9.18 Å². The number of carbonyl (C=O) groups is 1. The van der Waals surface area contributed by atoms with Crippen molar-refractivity contribution in [2.45, 2.75) is 25.4 Å². The van der Waals surface area contributed by atoms with Crippen LogP contribution in [0.3, 0.4) is 0 Å². The first-order valence-corrected chi connectivity index (χ1v) is 11.0. The Hall–Kier alpha value is -3.94. The number of hydrogen-bond donors (Lipinski definition) is 3. The second kappa shape index (κ2) is 8.90. The zero-order valence-electron chi connectivity index (χ0n) is 18.0. The number of H-pyrrole nitrogens is 1. The van der Waals surface area contributed by atoms with Gasteiger partial charge < -0.3 is 20.5 Å². The monoisotopic (exact) mass is 445 g/mol. The van der Waals surface area contributed by atoms with E-state index in [2.05, 4.69) is 20.6 Å². The molecule has 3 heterocycles. The van der Waals surface area contributed by atoms with Gasteiger partial charge in [0, 0.05) is 53.7 Å². The van der Waals surface area contributed by atoms with Gasteiger partial charge in [-0.25, -0.2) is 14.2 Å². The van der Waals surface area contributed by atoms with E-state index in [-0.39, 0.29) is 23.4 Å². The van der Waals surface area contributed by atoms with Crippen molar-refractivity contribution in [2.24, 2.45) is 0 Å². The second-order valence-corrected chi connectivity index (χ2v) is 8.27. The molecule has 1 fully saturated rings. The highest BCUT2D eigenvalue weighted by molar-refractivity contribution is 6.10. The van der Waals surface area contributed by atoms with Gasteiger partial charge in [0.1, 0.15) is 11.5 Å². The molecule has 2 aromatic carbocycles. The number of piperidine rings is 1. The number of hydrogen-bond acceptors (Lipinski definition) is 4. The molecule has 0 aliphatic carbocycles. The summed E-state index contributed by atoms with van der Waals surface area (Å²) in [4.78, 5) is 33.9. The third-order valence-electron chi connectivity index (χ3n) is 6.12. The van der Waals surface area contributed by atoms with Crippen LogP contribution in [0.5, 0.6) is 0 Å².